The molecule has 0 bridgehead atoms. The molecule has 2 N–H and O–H groups in total. The lowest BCUT2D eigenvalue weighted by Gasteiger charge is -2.19. The van der Waals surface area contributed by atoms with Gasteiger partial charge in [-0.1, -0.05) is 12.8 Å². The van der Waals surface area contributed by atoms with Crippen LogP contribution in [0.5, 0.6) is 0 Å². The Kier molecular flexibility index (Phi) is 5.06. The van der Waals surface area contributed by atoms with Gasteiger partial charge in [0.15, 0.2) is 0 Å². The first-order valence-corrected chi connectivity index (χ1v) is 11.8. The molecule has 4 aromatic rings. The maximum absolute atomic E-state index is 12.9. The van der Waals surface area contributed by atoms with Crippen molar-refractivity contribution in [3.05, 3.63) is 59.8 Å². The van der Waals surface area contributed by atoms with E-state index >= 15 is 0 Å². The number of amides is 1. The van der Waals surface area contributed by atoms with Gasteiger partial charge in [0.25, 0.3) is 5.91 Å². The summed E-state index contributed by atoms with van der Waals surface area (Å²) in [5.74, 6) is 1.14. The van der Waals surface area contributed by atoms with Crippen molar-refractivity contribution < 1.29 is 4.79 Å². The fourth-order valence-electron chi connectivity index (χ4n) is 5.06. The van der Waals surface area contributed by atoms with E-state index in [1.165, 1.54) is 24.0 Å². The van der Waals surface area contributed by atoms with Crippen molar-refractivity contribution in [2.75, 3.05) is 19.4 Å². The largest absolute Gasteiger partial charge is 0.343 e. The van der Waals surface area contributed by atoms with Gasteiger partial charge in [0.05, 0.1) is 11.9 Å². The summed E-state index contributed by atoms with van der Waals surface area (Å²) in [5.41, 5.74) is 5.15. The van der Waals surface area contributed by atoms with Crippen LogP contribution in [-0.4, -0.2) is 49.0 Å². The highest BCUT2D eigenvalue weighted by molar-refractivity contribution is 5.97. The second-order valence-corrected chi connectivity index (χ2v) is 9.36. The van der Waals surface area contributed by atoms with Gasteiger partial charge in [-0.25, -0.2) is 9.97 Å². The predicted octanol–water partition coefficient (Wildman–Crippen LogP) is 3.78. The summed E-state index contributed by atoms with van der Waals surface area (Å²) in [6.45, 7) is 1.83. The van der Waals surface area contributed by atoms with Crippen molar-refractivity contribution in [3.63, 3.8) is 0 Å². The third-order valence-electron chi connectivity index (χ3n) is 6.81. The van der Waals surface area contributed by atoms with Crippen molar-refractivity contribution in [1.29, 1.82) is 0 Å². The van der Waals surface area contributed by atoms with Crippen molar-refractivity contribution in [1.82, 2.24) is 34.3 Å². The Balaban J connectivity index is 1.30. The molecule has 0 spiro atoms. The molecule has 9 heteroatoms. The van der Waals surface area contributed by atoms with Crippen LogP contribution in [0.4, 0.5) is 11.8 Å². The highest BCUT2D eigenvalue weighted by Crippen LogP contribution is 2.35. The molecule has 1 saturated carbocycles. The van der Waals surface area contributed by atoms with Gasteiger partial charge in [0.2, 0.25) is 5.95 Å². The zero-order chi connectivity index (χ0) is 23.2. The highest BCUT2D eigenvalue weighted by atomic mass is 16.2. The van der Waals surface area contributed by atoms with Gasteiger partial charge in [-0.3, -0.25) is 4.79 Å². The van der Waals surface area contributed by atoms with Gasteiger partial charge >= 0.3 is 0 Å². The summed E-state index contributed by atoms with van der Waals surface area (Å²) in [5, 5.41) is 7.46. The number of carbonyl (C=O) groups is 1. The molecule has 1 fully saturated rings. The average Bonchev–Trinajstić information content (AvgIpc) is 3.61. The summed E-state index contributed by atoms with van der Waals surface area (Å²) in [6, 6.07) is 6.17. The summed E-state index contributed by atoms with van der Waals surface area (Å²) in [4.78, 5) is 28.4. The molecular formula is C25H28N8O. The van der Waals surface area contributed by atoms with Crippen LogP contribution in [0.3, 0.4) is 0 Å². The normalized spacial score (nSPS) is 15.7. The van der Waals surface area contributed by atoms with Crippen molar-refractivity contribution in [2.45, 2.75) is 44.8 Å². The maximum atomic E-state index is 12.9. The van der Waals surface area contributed by atoms with Crippen molar-refractivity contribution in [3.8, 4) is 5.69 Å². The molecule has 0 atom stereocenters. The molecule has 174 valence electrons. The lowest BCUT2D eigenvalue weighted by molar-refractivity contribution is 0.0815. The quantitative estimate of drug-likeness (QED) is 0.475. The monoisotopic (exact) mass is 456 g/mol. The van der Waals surface area contributed by atoms with Crippen LogP contribution >= 0.6 is 0 Å². The Labute approximate surface area is 197 Å². The number of hydrogen-bond acceptors (Lipinski definition) is 6. The molecule has 0 radical (unpaired) electrons. The zero-order valence-electron chi connectivity index (χ0n) is 19.5. The maximum Gasteiger partial charge on any atom is 0.270 e. The van der Waals surface area contributed by atoms with Crippen LogP contribution in [-0.2, 0) is 13.1 Å². The van der Waals surface area contributed by atoms with Gasteiger partial charge in [-0.2, -0.15) is 4.98 Å². The first-order chi connectivity index (χ1) is 16.6. The molecular weight excluding hydrogens is 428 g/mol. The summed E-state index contributed by atoms with van der Waals surface area (Å²) in [6.07, 6.45) is 12.4. The molecule has 9 nitrogen and oxygen atoms in total. The number of hydrogen-bond donors (Lipinski definition) is 2. The van der Waals surface area contributed by atoms with Gasteiger partial charge in [0, 0.05) is 57.2 Å². The number of aromatic nitrogens is 5. The Morgan fingerprint density at radius 3 is 2.53 bits per heavy atom. The molecule has 0 saturated heterocycles. The van der Waals surface area contributed by atoms with Gasteiger partial charge in [-0.15, -0.1) is 0 Å². The van der Waals surface area contributed by atoms with E-state index < -0.39 is 0 Å². The third kappa shape index (κ3) is 3.62. The van der Waals surface area contributed by atoms with E-state index in [1.807, 2.05) is 24.4 Å². The molecule has 6 rings (SSSR count). The van der Waals surface area contributed by atoms with Crippen LogP contribution in [0.2, 0.25) is 0 Å². The van der Waals surface area contributed by atoms with Gasteiger partial charge in [0.1, 0.15) is 17.2 Å². The first kappa shape index (κ1) is 20.9. The zero-order valence-corrected chi connectivity index (χ0v) is 19.5. The summed E-state index contributed by atoms with van der Waals surface area (Å²) < 4.78 is 4.23. The number of nitrogens with zero attached hydrogens (tertiary/aromatic N) is 6. The predicted molar refractivity (Wildman–Crippen MR) is 130 cm³/mol. The second kappa shape index (κ2) is 8.25. The van der Waals surface area contributed by atoms with E-state index in [9.17, 15) is 4.79 Å². The Bertz CT molecular complexity index is 1340. The minimum absolute atomic E-state index is 0.0107. The molecule has 0 unspecified atom stereocenters. The van der Waals surface area contributed by atoms with Gasteiger partial charge < -0.3 is 24.7 Å². The van der Waals surface area contributed by atoms with E-state index in [0.29, 0.717) is 17.5 Å². The number of pyridine rings is 1. The topological polar surface area (TPSA) is 92.9 Å². The molecule has 34 heavy (non-hydrogen) atoms. The lowest BCUT2D eigenvalue weighted by Crippen LogP contribution is -2.25. The minimum Gasteiger partial charge on any atom is -0.343 e. The van der Waals surface area contributed by atoms with Crippen LogP contribution in [0, 0.1) is 0 Å². The molecule has 1 aliphatic heterocycles. The third-order valence-corrected chi connectivity index (χ3v) is 6.81. The Morgan fingerprint density at radius 1 is 1.09 bits per heavy atom. The first-order valence-electron chi connectivity index (χ1n) is 11.8. The minimum atomic E-state index is -0.0107. The summed E-state index contributed by atoms with van der Waals surface area (Å²) >= 11 is 0. The molecule has 2 aliphatic rings. The highest BCUT2D eigenvalue weighted by Gasteiger charge is 2.26. The number of fused-ring (bicyclic) bond motifs is 2. The van der Waals surface area contributed by atoms with E-state index in [2.05, 4.69) is 42.1 Å². The smallest absolute Gasteiger partial charge is 0.270 e. The fourth-order valence-corrected chi connectivity index (χ4v) is 5.06. The molecule has 1 aliphatic carbocycles. The standard InChI is InChI=1S/C25H28N8O/c1-31(2)24(34)21-9-16-12-28-25(30-23(16)33(21)19-5-3-4-6-19)29-22-8-7-20(13-27-22)32-14-17-10-26-11-18(17)15-32/h7-9,12-15,19,26H,3-6,10-11H2,1-2H3,(H,27,28,29,30). The van der Waals surface area contributed by atoms with E-state index in [1.54, 1.807) is 25.2 Å². The number of nitrogens with one attached hydrogen (secondary N) is 2. The van der Waals surface area contributed by atoms with E-state index in [0.717, 1.165) is 42.7 Å². The lowest BCUT2D eigenvalue weighted by atomic mass is 10.2. The molecule has 4 aromatic heterocycles. The second-order valence-electron chi connectivity index (χ2n) is 9.36. The van der Waals surface area contributed by atoms with E-state index in [-0.39, 0.29) is 11.9 Å². The molecule has 0 aromatic carbocycles. The fraction of sp³-hybridized carbons (Fsp3) is 0.360. The van der Waals surface area contributed by atoms with Crippen molar-refractivity contribution >= 4 is 28.7 Å². The Morgan fingerprint density at radius 2 is 1.85 bits per heavy atom. The molecule has 1 amide bonds. The van der Waals surface area contributed by atoms with Crippen LogP contribution in [0.25, 0.3) is 16.7 Å². The van der Waals surface area contributed by atoms with Gasteiger partial charge in [-0.05, 0) is 42.2 Å². The number of carbonyl (C=O) groups excluding carboxylic acids is 1. The van der Waals surface area contributed by atoms with Crippen molar-refractivity contribution in [2.24, 2.45) is 0 Å². The SMILES string of the molecule is CN(C)C(=O)c1cc2cnc(Nc3ccc(-n4cc5c(c4)CNC5)cn3)nc2n1C1CCCC1. The van der Waals surface area contributed by atoms with E-state index in [4.69, 9.17) is 4.98 Å². The summed E-state index contributed by atoms with van der Waals surface area (Å²) in [7, 11) is 3.57. The average molecular weight is 457 g/mol. The van der Waals surface area contributed by atoms with Crippen LogP contribution < -0.4 is 10.6 Å². The number of anilines is 2. The molecule has 5 heterocycles. The van der Waals surface area contributed by atoms with Crippen LogP contribution in [0.1, 0.15) is 53.3 Å². The van der Waals surface area contributed by atoms with Crippen LogP contribution in [0.15, 0.2) is 43.0 Å². The Hall–Kier alpha value is -3.72. The number of rotatable bonds is 5.